The summed E-state index contributed by atoms with van der Waals surface area (Å²) in [5.41, 5.74) is 5.49. The van der Waals surface area contributed by atoms with Crippen molar-refractivity contribution in [3.63, 3.8) is 0 Å². The lowest BCUT2D eigenvalue weighted by Crippen LogP contribution is -2.41. The first-order chi connectivity index (χ1) is 8.12. The average molecular weight is 257 g/mol. The third kappa shape index (κ3) is 3.20. The molecule has 2 rings (SSSR count). The third-order valence-electron chi connectivity index (χ3n) is 2.92. The highest BCUT2D eigenvalue weighted by Crippen LogP contribution is 2.24. The van der Waals surface area contributed by atoms with E-state index in [4.69, 9.17) is 15.0 Å². The van der Waals surface area contributed by atoms with Gasteiger partial charge in [0.25, 0.3) is 0 Å². The minimum Gasteiger partial charge on any atom is -0.376 e. The Balaban J connectivity index is 1.91. The van der Waals surface area contributed by atoms with E-state index in [2.05, 4.69) is 10.1 Å². The van der Waals surface area contributed by atoms with Crippen molar-refractivity contribution in [1.29, 1.82) is 0 Å². The maximum Gasteiger partial charge on any atom is 0.236 e. The second kappa shape index (κ2) is 5.37. The van der Waals surface area contributed by atoms with Gasteiger partial charge in [-0.2, -0.15) is 16.7 Å². The largest absolute Gasteiger partial charge is 0.376 e. The van der Waals surface area contributed by atoms with Crippen LogP contribution >= 0.6 is 11.8 Å². The zero-order chi connectivity index (χ0) is 12.3. The fourth-order valence-electron chi connectivity index (χ4n) is 1.56. The molecule has 1 heterocycles. The van der Waals surface area contributed by atoms with Crippen LogP contribution in [0.4, 0.5) is 0 Å². The van der Waals surface area contributed by atoms with Gasteiger partial charge in [-0.05, 0) is 32.4 Å². The van der Waals surface area contributed by atoms with Crippen LogP contribution in [0.5, 0.6) is 0 Å². The monoisotopic (exact) mass is 257 g/mol. The normalized spacial score (nSPS) is 19.9. The van der Waals surface area contributed by atoms with Crippen molar-refractivity contribution >= 4 is 11.8 Å². The zero-order valence-corrected chi connectivity index (χ0v) is 11.1. The van der Waals surface area contributed by atoms with Gasteiger partial charge in [-0.3, -0.25) is 0 Å². The summed E-state index contributed by atoms with van der Waals surface area (Å²) < 4.78 is 10.8. The van der Waals surface area contributed by atoms with Crippen molar-refractivity contribution < 1.29 is 9.26 Å². The molecule has 0 radical (unpaired) electrons. The molecule has 0 aliphatic heterocycles. The molecule has 2 N–H and O–H groups in total. The molecule has 0 spiro atoms. The molecule has 1 atom stereocenters. The molecule has 17 heavy (non-hydrogen) atoms. The Hall–Kier alpha value is -0.590. The SMILES string of the molecule is CSCc1nc(C(C)(N)COC2CCC2)no1. The van der Waals surface area contributed by atoms with E-state index >= 15 is 0 Å². The number of thioether (sulfide) groups is 1. The maximum atomic E-state index is 6.16. The minimum atomic E-state index is -0.671. The summed E-state index contributed by atoms with van der Waals surface area (Å²) in [4.78, 5) is 4.29. The quantitative estimate of drug-likeness (QED) is 0.835. The molecule has 1 aliphatic rings. The van der Waals surface area contributed by atoms with Crippen LogP contribution in [-0.2, 0) is 16.0 Å². The van der Waals surface area contributed by atoms with Crippen LogP contribution in [0.25, 0.3) is 0 Å². The molecule has 1 aromatic rings. The molecular weight excluding hydrogens is 238 g/mol. The highest BCUT2D eigenvalue weighted by Gasteiger charge is 2.30. The number of nitrogens with two attached hydrogens (primary N) is 1. The maximum absolute atomic E-state index is 6.16. The predicted octanol–water partition coefficient (Wildman–Crippen LogP) is 1.68. The molecule has 1 aromatic heterocycles. The molecule has 0 bridgehead atoms. The van der Waals surface area contributed by atoms with Gasteiger partial charge >= 0.3 is 0 Å². The second-order valence-electron chi connectivity index (χ2n) is 4.73. The molecule has 0 saturated heterocycles. The van der Waals surface area contributed by atoms with Gasteiger partial charge in [0.1, 0.15) is 5.54 Å². The lowest BCUT2D eigenvalue weighted by molar-refractivity contribution is -0.0222. The standard InChI is InChI=1S/C11H19N3O2S/c1-11(12,7-15-8-4-3-5-8)10-13-9(6-17-2)16-14-10/h8H,3-7,12H2,1-2H3. The van der Waals surface area contributed by atoms with Crippen LogP contribution in [0.1, 0.15) is 37.9 Å². The van der Waals surface area contributed by atoms with Crippen LogP contribution in [0.3, 0.4) is 0 Å². The lowest BCUT2D eigenvalue weighted by atomic mass is 9.95. The summed E-state index contributed by atoms with van der Waals surface area (Å²) in [6.45, 7) is 2.31. The van der Waals surface area contributed by atoms with Crippen molar-refractivity contribution in [2.45, 2.75) is 43.6 Å². The summed E-state index contributed by atoms with van der Waals surface area (Å²) in [7, 11) is 0. The Morgan fingerprint density at radius 3 is 2.94 bits per heavy atom. The van der Waals surface area contributed by atoms with Gasteiger partial charge in [0, 0.05) is 0 Å². The van der Waals surface area contributed by atoms with Gasteiger partial charge in [-0.25, -0.2) is 0 Å². The minimum absolute atomic E-state index is 0.371. The van der Waals surface area contributed by atoms with E-state index in [9.17, 15) is 0 Å². The lowest BCUT2D eigenvalue weighted by Gasteiger charge is -2.29. The van der Waals surface area contributed by atoms with Crippen molar-refractivity contribution in [2.24, 2.45) is 5.73 Å². The molecule has 0 aromatic carbocycles. The molecule has 0 amide bonds. The summed E-state index contributed by atoms with van der Waals surface area (Å²) in [5, 5.41) is 3.92. The first-order valence-corrected chi connectivity index (χ1v) is 7.23. The van der Waals surface area contributed by atoms with Crippen LogP contribution in [0.15, 0.2) is 4.52 Å². The van der Waals surface area contributed by atoms with Crippen LogP contribution < -0.4 is 5.73 Å². The fourth-order valence-corrected chi connectivity index (χ4v) is 1.93. The van der Waals surface area contributed by atoms with Gasteiger partial charge in [0.15, 0.2) is 5.82 Å². The summed E-state index contributed by atoms with van der Waals surface area (Å²) in [6, 6.07) is 0. The first kappa shape index (κ1) is 12.9. The smallest absolute Gasteiger partial charge is 0.236 e. The Labute approximate surface area is 105 Å². The molecule has 1 saturated carbocycles. The van der Waals surface area contributed by atoms with Crippen molar-refractivity contribution in [3.05, 3.63) is 11.7 Å². The van der Waals surface area contributed by atoms with Gasteiger partial charge in [0.2, 0.25) is 5.89 Å². The Bertz CT molecular complexity index is 363. The molecule has 1 fully saturated rings. The van der Waals surface area contributed by atoms with E-state index in [-0.39, 0.29) is 0 Å². The number of hydrogen-bond acceptors (Lipinski definition) is 6. The molecular formula is C11H19N3O2S. The Kier molecular flexibility index (Phi) is 4.06. The van der Waals surface area contributed by atoms with Gasteiger partial charge in [0.05, 0.1) is 18.5 Å². The van der Waals surface area contributed by atoms with Gasteiger partial charge < -0.3 is 15.0 Å². The third-order valence-corrected chi connectivity index (χ3v) is 3.45. The number of hydrogen-bond donors (Lipinski definition) is 1. The fraction of sp³-hybridized carbons (Fsp3) is 0.818. The van der Waals surface area contributed by atoms with Crippen molar-refractivity contribution in [2.75, 3.05) is 12.9 Å². The Morgan fingerprint density at radius 2 is 2.35 bits per heavy atom. The summed E-state index contributed by atoms with van der Waals surface area (Å²) in [5.74, 6) is 1.86. The molecule has 1 unspecified atom stereocenters. The van der Waals surface area contributed by atoms with Gasteiger partial charge in [-0.15, -0.1) is 0 Å². The number of aromatic nitrogens is 2. The second-order valence-corrected chi connectivity index (χ2v) is 5.59. The summed E-state index contributed by atoms with van der Waals surface area (Å²) >= 11 is 1.64. The van der Waals surface area contributed by atoms with Gasteiger partial charge in [-0.1, -0.05) is 5.16 Å². The number of rotatable bonds is 6. The zero-order valence-electron chi connectivity index (χ0n) is 10.3. The Morgan fingerprint density at radius 1 is 1.59 bits per heavy atom. The molecule has 1 aliphatic carbocycles. The van der Waals surface area contributed by atoms with E-state index < -0.39 is 5.54 Å². The number of nitrogens with zero attached hydrogens (tertiary/aromatic N) is 2. The highest BCUT2D eigenvalue weighted by atomic mass is 32.2. The highest BCUT2D eigenvalue weighted by molar-refractivity contribution is 7.97. The van der Waals surface area contributed by atoms with E-state index in [1.54, 1.807) is 11.8 Å². The van der Waals surface area contributed by atoms with E-state index in [0.717, 1.165) is 12.8 Å². The average Bonchev–Trinajstić information content (AvgIpc) is 2.65. The van der Waals surface area contributed by atoms with E-state index in [1.807, 2.05) is 13.2 Å². The van der Waals surface area contributed by atoms with E-state index in [1.165, 1.54) is 6.42 Å². The topological polar surface area (TPSA) is 74.2 Å². The first-order valence-electron chi connectivity index (χ1n) is 5.84. The van der Waals surface area contributed by atoms with Crippen molar-refractivity contribution in [1.82, 2.24) is 10.1 Å². The van der Waals surface area contributed by atoms with Crippen LogP contribution in [0, 0.1) is 0 Å². The summed E-state index contributed by atoms with van der Waals surface area (Å²) in [6.07, 6.45) is 5.90. The molecule has 5 nitrogen and oxygen atoms in total. The van der Waals surface area contributed by atoms with Crippen LogP contribution in [-0.4, -0.2) is 29.1 Å². The van der Waals surface area contributed by atoms with Crippen LogP contribution in [0.2, 0.25) is 0 Å². The van der Waals surface area contributed by atoms with E-state index in [0.29, 0.717) is 30.2 Å². The molecule has 6 heteroatoms. The molecule has 96 valence electrons. The number of ether oxygens (including phenoxy) is 1. The van der Waals surface area contributed by atoms with Crippen molar-refractivity contribution in [3.8, 4) is 0 Å². The predicted molar refractivity (Wildman–Crippen MR) is 66.6 cm³/mol.